The summed E-state index contributed by atoms with van der Waals surface area (Å²) in [6, 6.07) is 11.6. The lowest BCUT2D eigenvalue weighted by atomic mass is 9.96. The van der Waals surface area contributed by atoms with E-state index in [0.717, 1.165) is 37.4 Å². The Morgan fingerprint density at radius 3 is 2.64 bits per heavy atom. The number of hydrogen-bond acceptors (Lipinski definition) is 5. The maximum absolute atomic E-state index is 12.9. The lowest BCUT2D eigenvalue weighted by Gasteiger charge is -2.32. The minimum atomic E-state index is -3.63. The first-order valence-corrected chi connectivity index (χ1v) is 14.0. The Labute approximate surface area is 201 Å². The SMILES string of the molecule is Cc1ccc(C)c(CN2CCC(CNS(=O)(=O)c3ccc4c(c3)NC(=O)[C@H](C)CS4)CC2)c1. The number of anilines is 1. The zero-order chi connectivity index (χ0) is 23.6. The van der Waals surface area contributed by atoms with E-state index >= 15 is 0 Å². The molecule has 33 heavy (non-hydrogen) atoms. The molecular formula is C25H33N3O3S2. The first kappa shape index (κ1) is 24.3. The van der Waals surface area contributed by atoms with E-state index in [-0.39, 0.29) is 16.7 Å². The summed E-state index contributed by atoms with van der Waals surface area (Å²) in [7, 11) is -3.63. The number of thioether (sulfide) groups is 1. The standard InChI is InChI=1S/C25H33N3O3S2/c1-17-4-5-18(2)21(12-17)15-28-10-8-20(9-11-28)14-26-33(30,31)22-6-7-24-23(13-22)27-25(29)19(3)16-32-24/h4-7,12-13,19-20,26H,8-11,14-16H2,1-3H3,(H,27,29)/t19-/m1/s1. The molecule has 1 saturated heterocycles. The number of likely N-dealkylation sites (tertiary alicyclic amines) is 1. The van der Waals surface area contributed by atoms with Gasteiger partial charge in [0.1, 0.15) is 0 Å². The number of amides is 1. The first-order valence-electron chi connectivity index (χ1n) is 11.6. The van der Waals surface area contributed by atoms with Crippen LogP contribution in [0.4, 0.5) is 5.69 Å². The van der Waals surface area contributed by atoms with Crippen molar-refractivity contribution in [3.63, 3.8) is 0 Å². The van der Waals surface area contributed by atoms with Crippen molar-refractivity contribution in [2.24, 2.45) is 11.8 Å². The highest BCUT2D eigenvalue weighted by Gasteiger charge is 2.25. The Morgan fingerprint density at radius 1 is 1.12 bits per heavy atom. The Bertz CT molecular complexity index is 1130. The van der Waals surface area contributed by atoms with Crippen LogP contribution in [0.2, 0.25) is 0 Å². The second-order valence-electron chi connectivity index (χ2n) is 9.36. The molecule has 2 aromatic carbocycles. The fraction of sp³-hybridized carbons (Fsp3) is 0.480. The highest BCUT2D eigenvalue weighted by Crippen LogP contribution is 2.34. The number of fused-ring (bicyclic) bond motifs is 1. The largest absolute Gasteiger partial charge is 0.325 e. The molecule has 8 heteroatoms. The molecule has 2 aliphatic heterocycles. The number of sulfonamides is 1. The number of carbonyl (C=O) groups excluding carboxylic acids is 1. The van der Waals surface area contributed by atoms with Gasteiger partial charge in [0.15, 0.2) is 0 Å². The molecule has 0 bridgehead atoms. The molecule has 178 valence electrons. The summed E-state index contributed by atoms with van der Waals surface area (Å²) in [6.45, 7) is 9.49. The number of carbonyl (C=O) groups is 1. The number of hydrogen-bond donors (Lipinski definition) is 2. The second-order valence-corrected chi connectivity index (χ2v) is 12.2. The van der Waals surface area contributed by atoms with Gasteiger partial charge in [-0.3, -0.25) is 9.69 Å². The third-order valence-electron chi connectivity index (χ3n) is 6.62. The highest BCUT2D eigenvalue weighted by molar-refractivity contribution is 7.99. The minimum Gasteiger partial charge on any atom is -0.325 e. The molecule has 1 amide bonds. The lowest BCUT2D eigenvalue weighted by molar-refractivity contribution is -0.118. The number of nitrogens with zero attached hydrogens (tertiary/aromatic N) is 1. The number of nitrogens with one attached hydrogen (secondary N) is 2. The third kappa shape index (κ3) is 5.98. The van der Waals surface area contributed by atoms with Crippen molar-refractivity contribution in [3.8, 4) is 0 Å². The summed E-state index contributed by atoms with van der Waals surface area (Å²) in [5.41, 5.74) is 4.56. The van der Waals surface area contributed by atoms with Crippen LogP contribution < -0.4 is 10.0 Å². The van der Waals surface area contributed by atoms with Crippen molar-refractivity contribution in [3.05, 3.63) is 53.1 Å². The number of piperidine rings is 1. The van der Waals surface area contributed by atoms with E-state index in [1.165, 1.54) is 16.7 Å². The van der Waals surface area contributed by atoms with Crippen molar-refractivity contribution in [2.75, 3.05) is 30.7 Å². The smallest absolute Gasteiger partial charge is 0.240 e. The average molecular weight is 488 g/mol. The summed E-state index contributed by atoms with van der Waals surface area (Å²) in [4.78, 5) is 15.7. The summed E-state index contributed by atoms with van der Waals surface area (Å²) in [5, 5.41) is 2.86. The van der Waals surface area contributed by atoms with E-state index in [9.17, 15) is 13.2 Å². The summed E-state index contributed by atoms with van der Waals surface area (Å²) in [5.74, 6) is 0.829. The molecule has 2 N–H and O–H groups in total. The van der Waals surface area contributed by atoms with Crippen LogP contribution in [0.1, 0.15) is 36.5 Å². The normalized spacial score (nSPS) is 20.2. The second kappa shape index (κ2) is 10.2. The van der Waals surface area contributed by atoms with E-state index in [0.29, 0.717) is 23.9 Å². The van der Waals surface area contributed by atoms with Gasteiger partial charge in [-0.2, -0.15) is 0 Å². The quantitative estimate of drug-likeness (QED) is 0.639. The number of aryl methyl sites for hydroxylation is 2. The van der Waals surface area contributed by atoms with Gasteiger partial charge in [0.25, 0.3) is 0 Å². The molecule has 0 radical (unpaired) electrons. The predicted octanol–water partition coefficient (Wildman–Crippen LogP) is 4.17. The van der Waals surface area contributed by atoms with E-state index in [4.69, 9.17) is 0 Å². The van der Waals surface area contributed by atoms with E-state index in [1.807, 2.05) is 6.92 Å². The molecule has 0 spiro atoms. The van der Waals surface area contributed by atoms with E-state index in [1.54, 1.807) is 30.0 Å². The molecule has 2 aromatic rings. The molecule has 1 fully saturated rings. The minimum absolute atomic E-state index is 0.0728. The van der Waals surface area contributed by atoms with Crippen molar-refractivity contribution >= 4 is 33.4 Å². The van der Waals surface area contributed by atoms with E-state index in [2.05, 4.69) is 47.0 Å². The summed E-state index contributed by atoms with van der Waals surface area (Å²) in [6.07, 6.45) is 1.95. The molecule has 2 aliphatic rings. The zero-order valence-electron chi connectivity index (χ0n) is 19.6. The van der Waals surface area contributed by atoms with Gasteiger partial charge in [0.05, 0.1) is 10.6 Å². The van der Waals surface area contributed by atoms with E-state index < -0.39 is 10.0 Å². The van der Waals surface area contributed by atoms with Crippen LogP contribution in [-0.2, 0) is 21.4 Å². The van der Waals surface area contributed by atoms with Gasteiger partial charge in [-0.05, 0) is 75.0 Å². The summed E-state index contributed by atoms with van der Waals surface area (Å²) < 4.78 is 28.7. The Kier molecular flexibility index (Phi) is 7.48. The van der Waals surface area contributed by atoms with Gasteiger partial charge in [0.2, 0.25) is 15.9 Å². The van der Waals surface area contributed by atoms with Crippen LogP contribution >= 0.6 is 11.8 Å². The van der Waals surface area contributed by atoms with Crippen molar-refractivity contribution in [1.82, 2.24) is 9.62 Å². The molecule has 6 nitrogen and oxygen atoms in total. The molecule has 1 atom stereocenters. The van der Waals surface area contributed by atoms with Crippen molar-refractivity contribution in [1.29, 1.82) is 0 Å². The molecule has 0 saturated carbocycles. The zero-order valence-corrected chi connectivity index (χ0v) is 21.2. The van der Waals surface area contributed by atoms with Gasteiger partial charge < -0.3 is 5.32 Å². The van der Waals surface area contributed by atoms with Crippen molar-refractivity contribution in [2.45, 2.75) is 49.9 Å². The first-order chi connectivity index (χ1) is 15.7. The van der Waals surface area contributed by atoms with Gasteiger partial charge in [-0.1, -0.05) is 30.7 Å². The number of rotatable bonds is 6. The predicted molar refractivity (Wildman–Crippen MR) is 134 cm³/mol. The molecule has 0 unspecified atom stereocenters. The monoisotopic (exact) mass is 487 g/mol. The fourth-order valence-electron chi connectivity index (χ4n) is 4.32. The average Bonchev–Trinajstić information content (AvgIpc) is 2.93. The maximum Gasteiger partial charge on any atom is 0.240 e. The molecular weight excluding hydrogens is 454 g/mol. The van der Waals surface area contributed by atoms with Crippen molar-refractivity contribution < 1.29 is 13.2 Å². The van der Waals surface area contributed by atoms with Crippen LogP contribution in [0, 0.1) is 25.7 Å². The van der Waals surface area contributed by atoms with Gasteiger partial charge >= 0.3 is 0 Å². The summed E-state index contributed by atoms with van der Waals surface area (Å²) >= 11 is 1.58. The van der Waals surface area contributed by atoms with Crippen LogP contribution in [0.15, 0.2) is 46.2 Å². The number of benzene rings is 2. The maximum atomic E-state index is 12.9. The topological polar surface area (TPSA) is 78.5 Å². The van der Waals surface area contributed by atoms with Gasteiger partial charge in [-0.15, -0.1) is 11.8 Å². The Morgan fingerprint density at radius 2 is 1.88 bits per heavy atom. The molecule has 0 aliphatic carbocycles. The van der Waals surface area contributed by atoms with Gasteiger partial charge in [-0.25, -0.2) is 13.1 Å². The van der Waals surface area contributed by atoms with Crippen LogP contribution in [0.3, 0.4) is 0 Å². The molecule has 0 aromatic heterocycles. The van der Waals surface area contributed by atoms with Gasteiger partial charge in [0, 0.05) is 29.7 Å². The Hall–Kier alpha value is -1.87. The lowest BCUT2D eigenvalue weighted by Crippen LogP contribution is -2.38. The Balaban J connectivity index is 1.32. The third-order valence-corrected chi connectivity index (χ3v) is 9.38. The van der Waals surface area contributed by atoms with Crippen LogP contribution in [0.5, 0.6) is 0 Å². The highest BCUT2D eigenvalue weighted by atomic mass is 32.2. The van der Waals surface area contributed by atoms with Crippen LogP contribution in [-0.4, -0.2) is 44.6 Å². The fourth-order valence-corrected chi connectivity index (χ4v) is 6.47. The molecule has 2 heterocycles. The molecule has 4 rings (SSSR count). The van der Waals surface area contributed by atoms with Crippen LogP contribution in [0.25, 0.3) is 0 Å².